The molecule has 2 aliphatic heterocycles. The molecule has 2 aromatic carbocycles. The van der Waals surface area contributed by atoms with E-state index in [2.05, 4.69) is 30.8 Å². The number of hydrogen-bond donors (Lipinski definition) is 4. The average Bonchev–Trinajstić information content (AvgIpc) is 3.43. The van der Waals surface area contributed by atoms with E-state index in [4.69, 9.17) is 4.74 Å². The lowest BCUT2D eigenvalue weighted by molar-refractivity contribution is -0.110. The molecule has 3 heterocycles. The number of anilines is 4. The minimum atomic E-state index is -0.360. The second-order valence-corrected chi connectivity index (χ2v) is 7.50. The van der Waals surface area contributed by atoms with Gasteiger partial charge in [0.2, 0.25) is 0 Å². The van der Waals surface area contributed by atoms with E-state index >= 15 is 0 Å². The summed E-state index contributed by atoms with van der Waals surface area (Å²) in [4.78, 5) is 34.0. The molecule has 1 saturated heterocycles. The summed E-state index contributed by atoms with van der Waals surface area (Å²) in [6.07, 6.45) is 4.95. The maximum Gasteiger partial charge on any atom is 0.323 e. The fourth-order valence-corrected chi connectivity index (χ4v) is 3.79. The largest absolute Gasteiger partial charge is 0.378 e. The summed E-state index contributed by atoms with van der Waals surface area (Å²) in [5.41, 5.74) is 5.08. The molecule has 4 N–H and O–H groups in total. The van der Waals surface area contributed by atoms with E-state index in [-0.39, 0.29) is 11.9 Å². The van der Waals surface area contributed by atoms with Gasteiger partial charge in [-0.2, -0.15) is 0 Å². The lowest BCUT2D eigenvalue weighted by Gasteiger charge is -2.28. The highest BCUT2D eigenvalue weighted by atomic mass is 16.5. The van der Waals surface area contributed by atoms with Gasteiger partial charge < -0.3 is 30.6 Å². The quantitative estimate of drug-likeness (QED) is 0.474. The van der Waals surface area contributed by atoms with E-state index < -0.39 is 0 Å². The van der Waals surface area contributed by atoms with Crippen molar-refractivity contribution in [3.8, 4) is 0 Å². The van der Waals surface area contributed by atoms with Crippen molar-refractivity contribution in [2.75, 3.05) is 47.2 Å². The van der Waals surface area contributed by atoms with Crippen LogP contribution in [0.15, 0.2) is 55.0 Å². The number of hydrogen-bond acceptors (Lipinski definition) is 5. The lowest BCUT2D eigenvalue weighted by Crippen LogP contribution is -2.36. The number of aromatic amines is 1. The first-order valence-corrected chi connectivity index (χ1v) is 10.3. The van der Waals surface area contributed by atoms with Crippen LogP contribution in [0.5, 0.6) is 0 Å². The summed E-state index contributed by atoms with van der Waals surface area (Å²) >= 11 is 0. The normalized spacial score (nSPS) is 16.6. The lowest BCUT2D eigenvalue weighted by atomic mass is 10.1. The number of ether oxygens (including phenoxy) is 1. The van der Waals surface area contributed by atoms with E-state index in [0.717, 1.165) is 43.2 Å². The number of amides is 3. The highest BCUT2D eigenvalue weighted by molar-refractivity contribution is 6.35. The van der Waals surface area contributed by atoms with Crippen LogP contribution in [0.1, 0.15) is 11.3 Å². The Balaban J connectivity index is 1.24. The van der Waals surface area contributed by atoms with Gasteiger partial charge >= 0.3 is 6.03 Å². The summed E-state index contributed by atoms with van der Waals surface area (Å²) in [6, 6.07) is 12.7. The maximum absolute atomic E-state index is 12.4. The Morgan fingerprint density at radius 1 is 1.06 bits per heavy atom. The van der Waals surface area contributed by atoms with Crippen LogP contribution in [0.4, 0.5) is 27.5 Å². The highest BCUT2D eigenvalue weighted by Gasteiger charge is 2.24. The average molecular weight is 430 g/mol. The minimum Gasteiger partial charge on any atom is -0.378 e. The number of carbonyl (C=O) groups is 2. The molecule has 3 amide bonds. The second-order valence-electron chi connectivity index (χ2n) is 7.50. The fraction of sp³-hybridized carbons (Fsp3) is 0.174. The number of rotatable bonds is 4. The first-order valence-electron chi connectivity index (χ1n) is 10.3. The molecular formula is C23H22N6O3. The molecule has 3 aromatic rings. The van der Waals surface area contributed by atoms with Gasteiger partial charge in [0, 0.05) is 35.7 Å². The van der Waals surface area contributed by atoms with Crippen molar-refractivity contribution in [2.24, 2.45) is 0 Å². The van der Waals surface area contributed by atoms with Crippen molar-refractivity contribution in [2.45, 2.75) is 0 Å². The number of aromatic nitrogens is 2. The molecule has 0 atom stereocenters. The van der Waals surface area contributed by atoms with Crippen molar-refractivity contribution >= 4 is 46.3 Å². The van der Waals surface area contributed by atoms with Crippen molar-refractivity contribution in [1.82, 2.24) is 9.97 Å². The predicted molar refractivity (Wildman–Crippen MR) is 124 cm³/mol. The van der Waals surface area contributed by atoms with Gasteiger partial charge in [-0.25, -0.2) is 9.78 Å². The van der Waals surface area contributed by atoms with Gasteiger partial charge in [0.05, 0.1) is 42.7 Å². The van der Waals surface area contributed by atoms with E-state index in [0.29, 0.717) is 22.6 Å². The molecule has 1 aromatic heterocycles. The van der Waals surface area contributed by atoms with Gasteiger partial charge in [-0.05, 0) is 42.5 Å². The molecular weight excluding hydrogens is 408 g/mol. The molecule has 32 heavy (non-hydrogen) atoms. The summed E-state index contributed by atoms with van der Waals surface area (Å²) in [5, 5.41) is 8.48. The number of H-pyrrole nitrogens is 1. The van der Waals surface area contributed by atoms with Crippen LogP contribution in [-0.4, -0.2) is 48.2 Å². The summed E-state index contributed by atoms with van der Waals surface area (Å²) in [7, 11) is 0. The number of nitrogens with one attached hydrogen (secondary N) is 4. The van der Waals surface area contributed by atoms with Gasteiger partial charge in [0.15, 0.2) is 0 Å². The van der Waals surface area contributed by atoms with Crippen LogP contribution in [-0.2, 0) is 9.53 Å². The molecule has 0 aliphatic carbocycles. The zero-order valence-electron chi connectivity index (χ0n) is 17.2. The number of fused-ring (bicyclic) bond motifs is 1. The number of urea groups is 1. The van der Waals surface area contributed by atoms with E-state index in [1.165, 1.54) is 0 Å². The first kappa shape index (κ1) is 19.8. The van der Waals surface area contributed by atoms with Crippen LogP contribution in [0, 0.1) is 0 Å². The predicted octanol–water partition coefficient (Wildman–Crippen LogP) is 3.38. The number of imidazole rings is 1. The molecule has 0 spiro atoms. The zero-order valence-corrected chi connectivity index (χ0v) is 17.2. The number of morpholine rings is 1. The third-order valence-corrected chi connectivity index (χ3v) is 5.38. The fourth-order valence-electron chi connectivity index (χ4n) is 3.79. The Kier molecular flexibility index (Phi) is 5.30. The second kappa shape index (κ2) is 8.56. The molecule has 2 aliphatic rings. The highest BCUT2D eigenvalue weighted by Crippen LogP contribution is 2.34. The van der Waals surface area contributed by atoms with Crippen molar-refractivity contribution in [1.29, 1.82) is 0 Å². The Hall–Kier alpha value is -4.11. The molecule has 9 heteroatoms. The van der Waals surface area contributed by atoms with Gasteiger partial charge in [0.1, 0.15) is 0 Å². The number of benzene rings is 2. The summed E-state index contributed by atoms with van der Waals surface area (Å²) in [6.45, 7) is 3.18. The molecule has 1 fully saturated rings. The molecule has 0 saturated carbocycles. The van der Waals surface area contributed by atoms with Gasteiger partial charge in [-0.1, -0.05) is 6.07 Å². The molecule has 5 rings (SSSR count). The Bertz CT molecular complexity index is 1160. The molecule has 162 valence electrons. The SMILES string of the molecule is O=C(Nc1ccc(N2CCOCC2)cc1)Nc1ccc2c(c1)NC(=O)/C2=C\c1cnc[nH]1. The Morgan fingerprint density at radius 3 is 2.56 bits per heavy atom. The topological polar surface area (TPSA) is 111 Å². The van der Waals surface area contributed by atoms with Crippen LogP contribution in [0.2, 0.25) is 0 Å². The van der Waals surface area contributed by atoms with E-state index in [1.807, 2.05) is 30.3 Å². The van der Waals surface area contributed by atoms with Crippen molar-refractivity contribution in [3.05, 3.63) is 66.2 Å². The van der Waals surface area contributed by atoms with E-state index in [1.54, 1.807) is 30.7 Å². The molecule has 0 unspecified atom stereocenters. The Labute approximate surface area is 184 Å². The number of carbonyl (C=O) groups excluding carboxylic acids is 2. The number of nitrogens with zero attached hydrogens (tertiary/aromatic N) is 2. The van der Waals surface area contributed by atoms with Crippen LogP contribution in [0.25, 0.3) is 11.6 Å². The van der Waals surface area contributed by atoms with Crippen LogP contribution >= 0.6 is 0 Å². The van der Waals surface area contributed by atoms with Crippen LogP contribution in [0.3, 0.4) is 0 Å². The van der Waals surface area contributed by atoms with Gasteiger partial charge in [-0.15, -0.1) is 0 Å². The third-order valence-electron chi connectivity index (χ3n) is 5.38. The monoisotopic (exact) mass is 430 g/mol. The zero-order chi connectivity index (χ0) is 21.9. The van der Waals surface area contributed by atoms with Gasteiger partial charge in [-0.3, -0.25) is 4.79 Å². The smallest absolute Gasteiger partial charge is 0.323 e. The third kappa shape index (κ3) is 4.19. The maximum atomic E-state index is 12.4. The van der Waals surface area contributed by atoms with Gasteiger partial charge in [0.25, 0.3) is 5.91 Å². The summed E-state index contributed by atoms with van der Waals surface area (Å²) < 4.78 is 5.38. The molecule has 9 nitrogen and oxygen atoms in total. The summed E-state index contributed by atoms with van der Waals surface area (Å²) in [5.74, 6) is -0.198. The standard InChI is InChI=1S/C23H22N6O3/c30-22-20(11-17-13-24-14-25-17)19-6-3-16(12-21(19)28-22)27-23(31)26-15-1-4-18(5-2-15)29-7-9-32-10-8-29/h1-6,11-14H,7-10H2,(H,24,25)(H,28,30)(H2,26,27,31)/b20-11-. The van der Waals surface area contributed by atoms with Crippen molar-refractivity contribution in [3.63, 3.8) is 0 Å². The van der Waals surface area contributed by atoms with Crippen molar-refractivity contribution < 1.29 is 14.3 Å². The minimum absolute atomic E-state index is 0.198. The van der Waals surface area contributed by atoms with Crippen LogP contribution < -0.4 is 20.9 Å². The molecule has 0 bridgehead atoms. The first-order chi connectivity index (χ1) is 15.7. The Morgan fingerprint density at radius 2 is 1.81 bits per heavy atom. The molecule has 0 radical (unpaired) electrons. The van der Waals surface area contributed by atoms with E-state index in [9.17, 15) is 9.59 Å².